The molecule has 0 aliphatic carbocycles. The topological polar surface area (TPSA) is 77.4 Å². The van der Waals surface area contributed by atoms with Crippen LogP contribution >= 0.6 is 0 Å². The standard InChI is InChI=1S/C21H20N2O4/c1-14(19-13-15-7-2-4-9-17(15)26-19)22-20(24)11-6-12-23-16-8-3-5-10-18(16)27-21(23)25/h2-5,7-10,13-14H,6,11-12H2,1H3,(H,22,24)/t14-/m0/s1. The number of nitrogens with one attached hydrogen (secondary N) is 1. The van der Waals surface area contributed by atoms with Gasteiger partial charge in [0.2, 0.25) is 5.91 Å². The van der Waals surface area contributed by atoms with Gasteiger partial charge in [-0.3, -0.25) is 9.36 Å². The van der Waals surface area contributed by atoms with Gasteiger partial charge in [-0.1, -0.05) is 30.3 Å². The molecule has 1 atom stereocenters. The molecule has 2 aromatic heterocycles. The molecule has 6 nitrogen and oxygen atoms in total. The predicted octanol–water partition coefficient (Wildman–Crippen LogP) is 4.00. The van der Waals surface area contributed by atoms with Crippen LogP contribution < -0.4 is 11.1 Å². The number of aromatic nitrogens is 1. The summed E-state index contributed by atoms with van der Waals surface area (Å²) in [6.07, 6.45) is 0.860. The van der Waals surface area contributed by atoms with E-state index in [-0.39, 0.29) is 11.9 Å². The zero-order valence-electron chi connectivity index (χ0n) is 15.0. The molecule has 2 aromatic carbocycles. The zero-order chi connectivity index (χ0) is 18.8. The van der Waals surface area contributed by atoms with E-state index in [1.165, 1.54) is 0 Å². The molecule has 2 heterocycles. The van der Waals surface area contributed by atoms with Gasteiger partial charge in [-0.15, -0.1) is 0 Å². The highest BCUT2D eigenvalue weighted by atomic mass is 16.4. The molecule has 6 heteroatoms. The van der Waals surface area contributed by atoms with Gasteiger partial charge in [-0.25, -0.2) is 4.79 Å². The van der Waals surface area contributed by atoms with Crippen molar-refractivity contribution in [1.29, 1.82) is 0 Å². The van der Waals surface area contributed by atoms with Gasteiger partial charge in [-0.05, 0) is 37.6 Å². The Hall–Kier alpha value is -3.28. The van der Waals surface area contributed by atoms with Crippen LogP contribution in [-0.2, 0) is 11.3 Å². The number of amides is 1. The molecular formula is C21H20N2O4. The van der Waals surface area contributed by atoms with E-state index in [2.05, 4.69) is 5.32 Å². The Morgan fingerprint density at radius 3 is 2.63 bits per heavy atom. The molecule has 0 fully saturated rings. The van der Waals surface area contributed by atoms with Crippen LogP contribution in [0.4, 0.5) is 0 Å². The van der Waals surface area contributed by atoms with Crippen LogP contribution in [0.25, 0.3) is 22.1 Å². The molecule has 1 N–H and O–H groups in total. The van der Waals surface area contributed by atoms with Crippen LogP contribution in [0, 0.1) is 0 Å². The third kappa shape index (κ3) is 3.51. The van der Waals surface area contributed by atoms with Gasteiger partial charge in [0.15, 0.2) is 5.58 Å². The summed E-state index contributed by atoms with van der Waals surface area (Å²) >= 11 is 0. The minimum Gasteiger partial charge on any atom is -0.459 e. The molecule has 0 unspecified atom stereocenters. The average molecular weight is 364 g/mol. The predicted molar refractivity (Wildman–Crippen MR) is 102 cm³/mol. The third-order valence-electron chi connectivity index (χ3n) is 4.61. The van der Waals surface area contributed by atoms with Gasteiger partial charge >= 0.3 is 5.76 Å². The highest BCUT2D eigenvalue weighted by molar-refractivity contribution is 5.79. The number of fused-ring (bicyclic) bond motifs is 2. The monoisotopic (exact) mass is 364 g/mol. The number of carbonyl (C=O) groups excluding carboxylic acids is 1. The molecule has 0 spiro atoms. The van der Waals surface area contributed by atoms with Crippen molar-refractivity contribution in [2.75, 3.05) is 0 Å². The largest absolute Gasteiger partial charge is 0.459 e. The molecule has 0 aliphatic rings. The van der Waals surface area contributed by atoms with Crippen molar-refractivity contribution in [3.05, 3.63) is 70.9 Å². The first-order valence-electron chi connectivity index (χ1n) is 8.98. The van der Waals surface area contributed by atoms with Crippen LogP contribution in [-0.4, -0.2) is 10.5 Å². The summed E-state index contributed by atoms with van der Waals surface area (Å²) < 4.78 is 12.5. The molecule has 0 aliphatic heterocycles. The quantitative estimate of drug-likeness (QED) is 0.561. The summed E-state index contributed by atoms with van der Waals surface area (Å²) in [6, 6.07) is 16.7. The van der Waals surface area contributed by atoms with Crippen molar-refractivity contribution in [3.8, 4) is 0 Å². The lowest BCUT2D eigenvalue weighted by atomic mass is 10.2. The normalized spacial score (nSPS) is 12.5. The van der Waals surface area contributed by atoms with E-state index in [0.29, 0.717) is 25.0 Å². The minimum atomic E-state index is -0.396. The Bertz CT molecular complexity index is 1120. The van der Waals surface area contributed by atoms with E-state index in [1.54, 1.807) is 10.6 Å². The molecule has 4 aromatic rings. The van der Waals surface area contributed by atoms with E-state index in [4.69, 9.17) is 8.83 Å². The summed E-state index contributed by atoms with van der Waals surface area (Å²) in [7, 11) is 0. The Morgan fingerprint density at radius 2 is 1.81 bits per heavy atom. The number of hydrogen-bond acceptors (Lipinski definition) is 4. The Morgan fingerprint density at radius 1 is 1.07 bits per heavy atom. The minimum absolute atomic E-state index is 0.0798. The second-order valence-corrected chi connectivity index (χ2v) is 6.57. The number of hydrogen-bond donors (Lipinski definition) is 1. The SMILES string of the molecule is C[C@H](NC(=O)CCCn1c(=O)oc2ccccc21)c1cc2ccccc2o1. The van der Waals surface area contributed by atoms with Crippen molar-refractivity contribution in [2.45, 2.75) is 32.4 Å². The van der Waals surface area contributed by atoms with Crippen molar-refractivity contribution >= 4 is 28.0 Å². The summed E-state index contributed by atoms with van der Waals surface area (Å²) in [5.41, 5.74) is 2.11. The van der Waals surface area contributed by atoms with E-state index in [1.807, 2.05) is 55.5 Å². The lowest BCUT2D eigenvalue weighted by molar-refractivity contribution is -0.122. The fraction of sp³-hybridized carbons (Fsp3) is 0.238. The summed E-state index contributed by atoms with van der Waals surface area (Å²) in [6.45, 7) is 2.33. The smallest absolute Gasteiger partial charge is 0.419 e. The van der Waals surface area contributed by atoms with Crippen molar-refractivity contribution in [2.24, 2.45) is 0 Å². The lowest BCUT2D eigenvalue weighted by Crippen LogP contribution is -2.26. The van der Waals surface area contributed by atoms with Gasteiger partial charge in [0.05, 0.1) is 11.6 Å². The van der Waals surface area contributed by atoms with Crippen molar-refractivity contribution < 1.29 is 13.6 Å². The third-order valence-corrected chi connectivity index (χ3v) is 4.61. The fourth-order valence-electron chi connectivity index (χ4n) is 3.22. The number of rotatable bonds is 6. The van der Waals surface area contributed by atoms with Gasteiger partial charge in [-0.2, -0.15) is 0 Å². The van der Waals surface area contributed by atoms with Crippen LogP contribution in [0.15, 0.2) is 68.2 Å². The number of nitrogens with zero attached hydrogens (tertiary/aromatic N) is 1. The lowest BCUT2D eigenvalue weighted by Gasteiger charge is -2.11. The highest BCUT2D eigenvalue weighted by Gasteiger charge is 2.14. The number of para-hydroxylation sites is 3. The van der Waals surface area contributed by atoms with E-state index < -0.39 is 5.76 Å². The first-order chi connectivity index (χ1) is 13.1. The van der Waals surface area contributed by atoms with Gasteiger partial charge in [0, 0.05) is 18.4 Å². The number of carbonyl (C=O) groups is 1. The van der Waals surface area contributed by atoms with Crippen molar-refractivity contribution in [3.63, 3.8) is 0 Å². The summed E-state index contributed by atoms with van der Waals surface area (Å²) in [4.78, 5) is 24.2. The van der Waals surface area contributed by atoms with E-state index in [9.17, 15) is 9.59 Å². The molecule has 0 saturated carbocycles. The molecule has 0 saturated heterocycles. The van der Waals surface area contributed by atoms with Crippen LogP contribution in [0.1, 0.15) is 31.6 Å². The first kappa shape index (κ1) is 17.1. The molecule has 4 rings (SSSR count). The molecule has 138 valence electrons. The maximum absolute atomic E-state index is 12.3. The highest BCUT2D eigenvalue weighted by Crippen LogP contribution is 2.23. The molecular weight excluding hydrogens is 344 g/mol. The maximum Gasteiger partial charge on any atom is 0.419 e. The second-order valence-electron chi connectivity index (χ2n) is 6.57. The number of benzene rings is 2. The van der Waals surface area contributed by atoms with Crippen LogP contribution in [0.2, 0.25) is 0 Å². The Balaban J connectivity index is 1.35. The molecule has 0 bridgehead atoms. The molecule has 27 heavy (non-hydrogen) atoms. The molecule has 1 amide bonds. The summed E-state index contributed by atoms with van der Waals surface area (Å²) in [5, 5.41) is 3.96. The fourth-order valence-corrected chi connectivity index (χ4v) is 3.22. The average Bonchev–Trinajstić information content (AvgIpc) is 3.23. The van der Waals surface area contributed by atoms with Gasteiger partial charge in [0.1, 0.15) is 11.3 Å². The maximum atomic E-state index is 12.3. The number of aryl methyl sites for hydroxylation is 1. The van der Waals surface area contributed by atoms with E-state index >= 15 is 0 Å². The Labute approximate surface area is 155 Å². The zero-order valence-corrected chi connectivity index (χ0v) is 15.0. The van der Waals surface area contributed by atoms with Crippen LogP contribution in [0.5, 0.6) is 0 Å². The van der Waals surface area contributed by atoms with Gasteiger partial charge < -0.3 is 14.2 Å². The number of furan rings is 1. The molecule has 0 radical (unpaired) electrons. The number of oxazole rings is 1. The summed E-state index contributed by atoms with van der Waals surface area (Å²) in [5.74, 6) is 0.248. The first-order valence-corrected chi connectivity index (χ1v) is 8.98. The van der Waals surface area contributed by atoms with Crippen LogP contribution in [0.3, 0.4) is 0 Å². The van der Waals surface area contributed by atoms with E-state index in [0.717, 1.165) is 22.2 Å². The second kappa shape index (κ2) is 7.15. The van der Waals surface area contributed by atoms with Gasteiger partial charge in [0.25, 0.3) is 0 Å². The van der Waals surface area contributed by atoms with Crippen molar-refractivity contribution in [1.82, 2.24) is 9.88 Å². The Kier molecular flexibility index (Phi) is 4.54.